The van der Waals surface area contributed by atoms with Crippen LogP contribution in [0.5, 0.6) is 0 Å². The normalized spacial score (nSPS) is 19.6. The van der Waals surface area contributed by atoms with Crippen LogP contribution in [0.4, 0.5) is 0 Å². The first-order chi connectivity index (χ1) is 8.63. The fourth-order valence-electron chi connectivity index (χ4n) is 1.84. The second kappa shape index (κ2) is 8.50. The van der Waals surface area contributed by atoms with Crippen LogP contribution in [0.3, 0.4) is 0 Å². The maximum Gasteiger partial charge on any atom is 0.223 e. The van der Waals surface area contributed by atoms with E-state index in [9.17, 15) is 9.59 Å². The minimum absolute atomic E-state index is 0.115. The Labute approximate surface area is 112 Å². The van der Waals surface area contributed by atoms with E-state index in [-0.39, 0.29) is 11.0 Å². The Morgan fingerprint density at radius 2 is 2.22 bits per heavy atom. The molecule has 18 heavy (non-hydrogen) atoms. The average Bonchev–Trinajstić information content (AvgIpc) is 2.67. The van der Waals surface area contributed by atoms with Crippen molar-refractivity contribution in [3.05, 3.63) is 0 Å². The molecule has 1 saturated heterocycles. The number of amides is 1. The van der Waals surface area contributed by atoms with Gasteiger partial charge < -0.3 is 14.4 Å². The summed E-state index contributed by atoms with van der Waals surface area (Å²) in [6, 6.07) is 0. The Hall–Kier alpha value is -0.590. The number of hydrogen-bond acceptors (Lipinski definition) is 5. The maximum absolute atomic E-state index is 11.7. The third kappa shape index (κ3) is 5.84. The van der Waals surface area contributed by atoms with Crippen LogP contribution in [-0.2, 0) is 19.1 Å². The first-order valence-corrected chi connectivity index (χ1v) is 7.10. The Balaban J connectivity index is 2.15. The van der Waals surface area contributed by atoms with E-state index in [1.54, 1.807) is 14.0 Å². The second-order valence-corrected chi connectivity index (χ2v) is 5.51. The smallest absolute Gasteiger partial charge is 0.223 e. The average molecular weight is 275 g/mol. The Morgan fingerprint density at radius 3 is 2.89 bits per heavy atom. The molecule has 1 aliphatic heterocycles. The van der Waals surface area contributed by atoms with Gasteiger partial charge in [0.15, 0.2) is 5.12 Å². The minimum Gasteiger partial charge on any atom is -0.382 e. The number of hydrogen-bond donors (Lipinski definition) is 0. The molecule has 1 fully saturated rings. The number of thioether (sulfide) groups is 1. The highest BCUT2D eigenvalue weighted by atomic mass is 32.2. The summed E-state index contributed by atoms with van der Waals surface area (Å²) in [5.41, 5.74) is 0. The van der Waals surface area contributed by atoms with Gasteiger partial charge in [-0.15, -0.1) is 0 Å². The Morgan fingerprint density at radius 1 is 1.44 bits per heavy atom. The van der Waals surface area contributed by atoms with Gasteiger partial charge in [-0.25, -0.2) is 0 Å². The van der Waals surface area contributed by atoms with Crippen molar-refractivity contribution in [2.75, 3.05) is 45.8 Å². The van der Waals surface area contributed by atoms with Crippen molar-refractivity contribution in [3.8, 4) is 0 Å². The summed E-state index contributed by atoms with van der Waals surface area (Å²) in [4.78, 5) is 24.4. The highest BCUT2D eigenvalue weighted by molar-refractivity contribution is 8.13. The molecule has 5 nitrogen and oxygen atoms in total. The van der Waals surface area contributed by atoms with Crippen molar-refractivity contribution < 1.29 is 19.1 Å². The number of likely N-dealkylation sites (tertiary alicyclic amines) is 1. The van der Waals surface area contributed by atoms with E-state index >= 15 is 0 Å². The third-order valence-corrected chi connectivity index (χ3v) is 3.80. The van der Waals surface area contributed by atoms with Gasteiger partial charge >= 0.3 is 0 Å². The number of ether oxygens (including phenoxy) is 2. The molecule has 6 heteroatoms. The van der Waals surface area contributed by atoms with E-state index in [0.29, 0.717) is 38.7 Å². The predicted octanol–water partition coefficient (Wildman–Crippen LogP) is 0.778. The molecule has 0 aliphatic carbocycles. The van der Waals surface area contributed by atoms with Crippen LogP contribution in [-0.4, -0.2) is 61.7 Å². The first-order valence-electron chi connectivity index (χ1n) is 6.11. The highest BCUT2D eigenvalue weighted by Gasteiger charge is 2.29. The molecule has 1 atom stereocenters. The van der Waals surface area contributed by atoms with Crippen molar-refractivity contribution in [2.24, 2.45) is 5.92 Å². The minimum atomic E-state index is 0.115. The number of nitrogens with zero attached hydrogens (tertiary/aromatic N) is 1. The second-order valence-electron chi connectivity index (χ2n) is 4.32. The van der Waals surface area contributed by atoms with Gasteiger partial charge in [-0.3, -0.25) is 9.59 Å². The molecule has 0 saturated carbocycles. The van der Waals surface area contributed by atoms with E-state index in [4.69, 9.17) is 9.47 Å². The lowest BCUT2D eigenvalue weighted by Gasteiger charge is -2.16. The maximum atomic E-state index is 11.7. The molecule has 0 N–H and O–H groups in total. The number of rotatable bonds is 8. The number of carbonyl (C=O) groups is 2. The van der Waals surface area contributed by atoms with Gasteiger partial charge in [0.25, 0.3) is 0 Å². The van der Waals surface area contributed by atoms with Crippen LogP contribution < -0.4 is 0 Å². The van der Waals surface area contributed by atoms with Crippen LogP contribution in [0.25, 0.3) is 0 Å². The van der Waals surface area contributed by atoms with E-state index in [2.05, 4.69) is 0 Å². The summed E-state index contributed by atoms with van der Waals surface area (Å²) in [7, 11) is 1.63. The summed E-state index contributed by atoms with van der Waals surface area (Å²) in [6.45, 7) is 4.61. The molecule has 104 valence electrons. The van der Waals surface area contributed by atoms with Crippen molar-refractivity contribution in [3.63, 3.8) is 0 Å². The van der Waals surface area contributed by atoms with E-state index < -0.39 is 0 Å². The SMILES string of the molecule is COCCOCCN1CC(CSC(C)=O)CC1=O. The van der Waals surface area contributed by atoms with Gasteiger partial charge in [-0.05, 0) is 5.92 Å². The largest absolute Gasteiger partial charge is 0.382 e. The summed E-state index contributed by atoms with van der Waals surface area (Å²) < 4.78 is 10.2. The summed E-state index contributed by atoms with van der Waals surface area (Å²) >= 11 is 1.30. The van der Waals surface area contributed by atoms with Crippen molar-refractivity contribution in [2.45, 2.75) is 13.3 Å². The summed E-state index contributed by atoms with van der Waals surface area (Å²) in [5, 5.41) is 0.115. The molecule has 0 bridgehead atoms. The molecule has 1 amide bonds. The van der Waals surface area contributed by atoms with Gasteiger partial charge in [-0.2, -0.15) is 0 Å². The van der Waals surface area contributed by atoms with Gasteiger partial charge in [0.05, 0.1) is 19.8 Å². The van der Waals surface area contributed by atoms with Crippen molar-refractivity contribution in [1.82, 2.24) is 4.90 Å². The third-order valence-electron chi connectivity index (χ3n) is 2.75. The Bertz CT molecular complexity index is 285. The van der Waals surface area contributed by atoms with Crippen LogP contribution >= 0.6 is 11.8 Å². The monoisotopic (exact) mass is 275 g/mol. The zero-order chi connectivity index (χ0) is 13.4. The van der Waals surface area contributed by atoms with Crippen LogP contribution in [0.15, 0.2) is 0 Å². The molecule has 0 spiro atoms. The molecule has 0 radical (unpaired) electrons. The van der Waals surface area contributed by atoms with E-state index in [1.165, 1.54) is 11.8 Å². The molecule has 0 aromatic heterocycles. The molecular formula is C12H21NO4S. The number of carbonyl (C=O) groups excluding carboxylic acids is 2. The fraction of sp³-hybridized carbons (Fsp3) is 0.833. The van der Waals surface area contributed by atoms with E-state index in [0.717, 1.165) is 12.3 Å². The quantitative estimate of drug-likeness (QED) is 0.613. The van der Waals surface area contributed by atoms with Crippen molar-refractivity contribution in [1.29, 1.82) is 0 Å². The lowest BCUT2D eigenvalue weighted by molar-refractivity contribution is -0.128. The lowest BCUT2D eigenvalue weighted by atomic mass is 10.1. The van der Waals surface area contributed by atoms with Gasteiger partial charge in [-0.1, -0.05) is 11.8 Å². The van der Waals surface area contributed by atoms with Crippen molar-refractivity contribution >= 4 is 22.8 Å². The van der Waals surface area contributed by atoms with Crippen LogP contribution in [0.1, 0.15) is 13.3 Å². The van der Waals surface area contributed by atoms with Crippen LogP contribution in [0, 0.1) is 5.92 Å². The number of methoxy groups -OCH3 is 1. The molecular weight excluding hydrogens is 254 g/mol. The molecule has 1 heterocycles. The van der Waals surface area contributed by atoms with Crippen LogP contribution in [0.2, 0.25) is 0 Å². The zero-order valence-electron chi connectivity index (χ0n) is 11.0. The molecule has 1 rings (SSSR count). The topological polar surface area (TPSA) is 55.8 Å². The van der Waals surface area contributed by atoms with Gasteiger partial charge in [0.1, 0.15) is 0 Å². The summed E-state index contributed by atoms with van der Waals surface area (Å²) in [6.07, 6.45) is 0.554. The lowest BCUT2D eigenvalue weighted by Crippen LogP contribution is -2.29. The zero-order valence-corrected chi connectivity index (χ0v) is 11.8. The Kier molecular flexibility index (Phi) is 7.31. The van der Waals surface area contributed by atoms with E-state index in [1.807, 2.05) is 4.90 Å². The molecule has 1 aliphatic rings. The highest BCUT2D eigenvalue weighted by Crippen LogP contribution is 2.21. The predicted molar refractivity (Wildman–Crippen MR) is 70.5 cm³/mol. The standard InChI is InChI=1S/C12H21NO4S/c1-10(14)18-9-11-7-12(15)13(8-11)3-4-17-6-5-16-2/h11H,3-9H2,1-2H3. The first kappa shape index (κ1) is 15.5. The fourth-order valence-corrected chi connectivity index (χ4v) is 2.53. The molecule has 0 aromatic rings. The molecule has 1 unspecified atom stereocenters. The molecule has 0 aromatic carbocycles. The van der Waals surface area contributed by atoms with Gasteiger partial charge in [0.2, 0.25) is 5.91 Å². The van der Waals surface area contributed by atoms with Gasteiger partial charge in [0, 0.05) is 39.3 Å². The summed E-state index contributed by atoms with van der Waals surface area (Å²) in [5.74, 6) is 1.20.